The van der Waals surface area contributed by atoms with Crippen LogP contribution in [-0.2, 0) is 22.5 Å². The van der Waals surface area contributed by atoms with E-state index >= 15 is 0 Å². The molecule has 1 aliphatic rings. The first kappa shape index (κ1) is 16.0. The largest absolute Gasteiger partial charge is 0.493 e. The van der Waals surface area contributed by atoms with Gasteiger partial charge in [0, 0.05) is 12.1 Å². The highest BCUT2D eigenvalue weighted by molar-refractivity contribution is 5.89. The van der Waals surface area contributed by atoms with Gasteiger partial charge in [0.2, 0.25) is 5.91 Å². The van der Waals surface area contributed by atoms with Gasteiger partial charge in [0.15, 0.2) is 5.69 Å². The van der Waals surface area contributed by atoms with Gasteiger partial charge in [0.05, 0.1) is 32.4 Å². The van der Waals surface area contributed by atoms with Gasteiger partial charge in [0.1, 0.15) is 5.75 Å². The fraction of sp³-hybridized carbons (Fsp3) is 0.353. The Hall–Kier alpha value is -2.83. The topological polar surface area (TPSA) is 84.5 Å². The minimum atomic E-state index is -0.455. The Bertz CT molecular complexity index is 727. The number of H-pyrrole nitrogens is 1. The zero-order valence-corrected chi connectivity index (χ0v) is 13.4. The molecule has 2 heterocycles. The molecule has 0 spiro atoms. The first-order chi connectivity index (χ1) is 11.7. The molecule has 0 aliphatic carbocycles. The van der Waals surface area contributed by atoms with Gasteiger partial charge in [-0.25, -0.2) is 4.79 Å². The number of amides is 1. The smallest absolute Gasteiger partial charge is 0.358 e. The first-order valence-corrected chi connectivity index (χ1v) is 7.79. The molecule has 1 N–H and O–H groups in total. The predicted molar refractivity (Wildman–Crippen MR) is 85.6 cm³/mol. The number of para-hydroxylation sites is 1. The van der Waals surface area contributed by atoms with E-state index in [-0.39, 0.29) is 5.91 Å². The van der Waals surface area contributed by atoms with Crippen molar-refractivity contribution in [3.63, 3.8) is 0 Å². The lowest BCUT2D eigenvalue weighted by Crippen LogP contribution is -2.36. The third-order valence-corrected chi connectivity index (χ3v) is 3.99. The van der Waals surface area contributed by atoms with Crippen LogP contribution in [0.2, 0.25) is 0 Å². The Morgan fingerprint density at radius 1 is 1.29 bits per heavy atom. The summed E-state index contributed by atoms with van der Waals surface area (Å²) >= 11 is 0. The summed E-state index contributed by atoms with van der Waals surface area (Å²) in [6.07, 6.45) is 0.893. The average molecular weight is 329 g/mol. The number of carbonyl (C=O) groups excluding carboxylic acids is 2. The lowest BCUT2D eigenvalue weighted by molar-refractivity contribution is -0.132. The second kappa shape index (κ2) is 7.16. The molecule has 7 heteroatoms. The van der Waals surface area contributed by atoms with Gasteiger partial charge in [0.25, 0.3) is 0 Å². The summed E-state index contributed by atoms with van der Waals surface area (Å²) in [6, 6.07) is 9.41. The van der Waals surface area contributed by atoms with Gasteiger partial charge < -0.3 is 14.4 Å². The van der Waals surface area contributed by atoms with Crippen molar-refractivity contribution in [3.05, 3.63) is 47.3 Å². The van der Waals surface area contributed by atoms with E-state index in [1.165, 1.54) is 7.11 Å². The number of fused-ring (bicyclic) bond motifs is 1. The van der Waals surface area contributed by atoms with Crippen molar-refractivity contribution in [2.24, 2.45) is 0 Å². The molecule has 2 aromatic rings. The lowest BCUT2D eigenvalue weighted by atomic mass is 10.0. The second-order valence-corrected chi connectivity index (χ2v) is 5.50. The van der Waals surface area contributed by atoms with Crippen molar-refractivity contribution in [3.8, 4) is 5.75 Å². The molecule has 1 aliphatic heterocycles. The number of methoxy groups -OCH3 is 1. The van der Waals surface area contributed by atoms with Crippen LogP contribution in [-0.4, -0.2) is 47.2 Å². The fourth-order valence-electron chi connectivity index (χ4n) is 2.73. The SMILES string of the molecule is COC(=O)c1n[nH]c2c1CCN(C(=O)CCOc1ccccc1)C2. The molecule has 0 fully saturated rings. The highest BCUT2D eigenvalue weighted by Gasteiger charge is 2.27. The molecule has 3 rings (SSSR count). The van der Waals surface area contributed by atoms with Crippen LogP contribution in [0.1, 0.15) is 28.2 Å². The maximum absolute atomic E-state index is 12.3. The van der Waals surface area contributed by atoms with Crippen molar-refractivity contribution in [2.45, 2.75) is 19.4 Å². The molecule has 126 valence electrons. The van der Waals surface area contributed by atoms with Crippen LogP contribution < -0.4 is 4.74 Å². The summed E-state index contributed by atoms with van der Waals surface area (Å²) in [6.45, 7) is 1.31. The first-order valence-electron chi connectivity index (χ1n) is 7.79. The van der Waals surface area contributed by atoms with Crippen LogP contribution in [0.5, 0.6) is 5.75 Å². The van der Waals surface area contributed by atoms with Gasteiger partial charge >= 0.3 is 5.97 Å². The van der Waals surface area contributed by atoms with E-state index in [9.17, 15) is 9.59 Å². The Morgan fingerprint density at radius 2 is 2.08 bits per heavy atom. The van der Waals surface area contributed by atoms with Crippen LogP contribution in [0.3, 0.4) is 0 Å². The predicted octanol–water partition coefficient (Wildman–Crippen LogP) is 1.55. The summed E-state index contributed by atoms with van der Waals surface area (Å²) < 4.78 is 10.3. The van der Waals surface area contributed by atoms with E-state index in [1.807, 2.05) is 30.3 Å². The quantitative estimate of drug-likeness (QED) is 0.841. The number of rotatable bonds is 5. The van der Waals surface area contributed by atoms with E-state index in [0.29, 0.717) is 38.2 Å². The maximum Gasteiger partial charge on any atom is 0.358 e. The molecule has 0 atom stereocenters. The summed E-state index contributed by atoms with van der Waals surface area (Å²) in [7, 11) is 1.33. The normalized spacial score (nSPS) is 13.3. The molecule has 7 nitrogen and oxygen atoms in total. The minimum absolute atomic E-state index is 0.0193. The number of hydrogen-bond donors (Lipinski definition) is 1. The molecule has 0 bridgehead atoms. The average Bonchev–Trinajstić information content (AvgIpc) is 3.05. The number of nitrogens with zero attached hydrogens (tertiary/aromatic N) is 2. The third kappa shape index (κ3) is 3.40. The van der Waals surface area contributed by atoms with Gasteiger partial charge in [-0.3, -0.25) is 9.89 Å². The van der Waals surface area contributed by atoms with Crippen LogP contribution in [0, 0.1) is 0 Å². The fourth-order valence-corrected chi connectivity index (χ4v) is 2.73. The van der Waals surface area contributed by atoms with Gasteiger partial charge in [-0.15, -0.1) is 0 Å². The van der Waals surface area contributed by atoms with E-state index in [1.54, 1.807) is 4.90 Å². The lowest BCUT2D eigenvalue weighted by Gasteiger charge is -2.26. The van der Waals surface area contributed by atoms with Crippen molar-refractivity contribution in [1.82, 2.24) is 15.1 Å². The molecule has 0 unspecified atom stereocenters. The third-order valence-electron chi connectivity index (χ3n) is 3.99. The van der Waals surface area contributed by atoms with Crippen molar-refractivity contribution in [2.75, 3.05) is 20.3 Å². The minimum Gasteiger partial charge on any atom is -0.493 e. The van der Waals surface area contributed by atoms with Gasteiger partial charge in [-0.1, -0.05) is 18.2 Å². The summed E-state index contributed by atoms with van der Waals surface area (Å²) in [4.78, 5) is 25.7. The Balaban J connectivity index is 1.54. The second-order valence-electron chi connectivity index (χ2n) is 5.50. The van der Waals surface area contributed by atoms with Crippen molar-refractivity contribution in [1.29, 1.82) is 0 Å². The molecule has 24 heavy (non-hydrogen) atoms. The van der Waals surface area contributed by atoms with Crippen LogP contribution in [0.15, 0.2) is 30.3 Å². The highest BCUT2D eigenvalue weighted by atomic mass is 16.5. The number of aromatic amines is 1. The molecular formula is C17H19N3O4. The van der Waals surface area contributed by atoms with Crippen molar-refractivity contribution < 1.29 is 19.1 Å². The Kier molecular flexibility index (Phi) is 4.79. The van der Waals surface area contributed by atoms with E-state index in [0.717, 1.165) is 17.0 Å². The number of benzene rings is 1. The molecule has 0 radical (unpaired) electrons. The van der Waals surface area contributed by atoms with E-state index in [4.69, 9.17) is 9.47 Å². The van der Waals surface area contributed by atoms with E-state index in [2.05, 4.69) is 10.2 Å². The van der Waals surface area contributed by atoms with Crippen LogP contribution >= 0.6 is 0 Å². The standard InChI is InChI=1S/C17H19N3O4/c1-23-17(22)16-13-7-9-20(11-14(13)18-19-16)15(21)8-10-24-12-5-3-2-4-6-12/h2-6H,7-11H2,1H3,(H,18,19). The van der Waals surface area contributed by atoms with Crippen molar-refractivity contribution >= 4 is 11.9 Å². The summed E-state index contributed by atoms with van der Waals surface area (Å²) in [5.41, 5.74) is 1.94. The number of aromatic nitrogens is 2. The zero-order chi connectivity index (χ0) is 16.9. The highest BCUT2D eigenvalue weighted by Crippen LogP contribution is 2.21. The number of ether oxygens (including phenoxy) is 2. The number of esters is 1. The monoisotopic (exact) mass is 329 g/mol. The molecule has 1 amide bonds. The molecule has 0 saturated carbocycles. The summed E-state index contributed by atoms with van der Waals surface area (Å²) in [5, 5.41) is 6.83. The number of carbonyl (C=O) groups is 2. The van der Waals surface area contributed by atoms with E-state index < -0.39 is 5.97 Å². The summed E-state index contributed by atoms with van der Waals surface area (Å²) in [5.74, 6) is 0.317. The molecule has 1 aromatic carbocycles. The zero-order valence-electron chi connectivity index (χ0n) is 13.4. The molecule has 1 aromatic heterocycles. The number of hydrogen-bond acceptors (Lipinski definition) is 5. The molecular weight excluding hydrogens is 310 g/mol. The van der Waals surface area contributed by atoms with Gasteiger partial charge in [-0.05, 0) is 18.6 Å². The number of nitrogens with one attached hydrogen (secondary N) is 1. The Labute approximate surface area is 139 Å². The van der Waals surface area contributed by atoms with Crippen LogP contribution in [0.25, 0.3) is 0 Å². The Morgan fingerprint density at radius 3 is 2.83 bits per heavy atom. The van der Waals surface area contributed by atoms with Crippen LogP contribution in [0.4, 0.5) is 0 Å². The molecule has 0 saturated heterocycles. The van der Waals surface area contributed by atoms with Gasteiger partial charge in [-0.2, -0.15) is 5.10 Å². The maximum atomic E-state index is 12.3.